The van der Waals surface area contributed by atoms with Gasteiger partial charge in [0.15, 0.2) is 5.75 Å². The minimum Gasteiger partial charge on any atom is -0.504 e. The number of aromatic hydroxyl groups is 1. The number of aliphatic hydroxyl groups is 1. The highest BCUT2D eigenvalue weighted by molar-refractivity contribution is 5.97. The van der Waals surface area contributed by atoms with Crippen LogP contribution in [0.2, 0.25) is 0 Å². The number of carbonyl (C=O) groups excluding carboxylic acids is 1. The number of carbonyl (C=O) groups is 1. The Balaban J connectivity index is 2.09. The van der Waals surface area contributed by atoms with Gasteiger partial charge in [-0.2, -0.15) is 5.26 Å². The Bertz CT molecular complexity index is 1020. The normalized spacial score (nSPS) is 10.7. The van der Waals surface area contributed by atoms with E-state index in [1.165, 1.54) is 10.9 Å². The molecule has 3 aromatic rings. The van der Waals surface area contributed by atoms with Crippen molar-refractivity contribution in [2.24, 2.45) is 0 Å². The van der Waals surface area contributed by atoms with Gasteiger partial charge in [-0.1, -0.05) is 0 Å². The Labute approximate surface area is 149 Å². The molecular weight excluding hydrogens is 334 g/mol. The third-order valence-corrected chi connectivity index (χ3v) is 3.87. The van der Waals surface area contributed by atoms with Gasteiger partial charge in [0.25, 0.3) is 5.91 Å². The zero-order valence-corrected chi connectivity index (χ0v) is 14.1. The summed E-state index contributed by atoms with van der Waals surface area (Å²) in [6.45, 7) is 2.27. The van der Waals surface area contributed by atoms with E-state index in [0.29, 0.717) is 35.1 Å². The van der Waals surface area contributed by atoms with E-state index in [4.69, 9.17) is 5.11 Å². The number of phenols is 1. The lowest BCUT2D eigenvalue weighted by Crippen LogP contribution is -2.22. The number of rotatable bonds is 5. The third-order valence-electron chi connectivity index (χ3n) is 3.87. The second-order valence-electron chi connectivity index (χ2n) is 5.65. The van der Waals surface area contributed by atoms with Crippen molar-refractivity contribution in [2.45, 2.75) is 13.3 Å². The van der Waals surface area contributed by atoms with Crippen LogP contribution in [0.15, 0.2) is 30.3 Å². The van der Waals surface area contributed by atoms with Crippen LogP contribution >= 0.6 is 0 Å². The molecular formula is C18H17N5O3. The van der Waals surface area contributed by atoms with Gasteiger partial charge in [0.2, 0.25) is 0 Å². The fourth-order valence-corrected chi connectivity index (χ4v) is 2.61. The van der Waals surface area contributed by atoms with Crippen molar-refractivity contribution in [1.29, 1.82) is 5.26 Å². The molecule has 0 saturated carbocycles. The molecule has 0 spiro atoms. The predicted molar refractivity (Wildman–Crippen MR) is 94.0 cm³/mol. The van der Waals surface area contributed by atoms with Crippen molar-refractivity contribution >= 4 is 16.9 Å². The maximum atomic E-state index is 12.0. The Hall–Kier alpha value is -3.44. The summed E-state index contributed by atoms with van der Waals surface area (Å²) in [5.41, 5.74) is 2.49. The highest BCUT2D eigenvalue weighted by atomic mass is 16.3. The minimum absolute atomic E-state index is 0.0790. The molecule has 0 unspecified atom stereocenters. The third kappa shape index (κ3) is 3.20. The largest absolute Gasteiger partial charge is 0.504 e. The number of phenolic OH excluding ortho intramolecular Hbond substituents is 1. The molecule has 0 aliphatic carbocycles. The Kier molecular flexibility index (Phi) is 4.82. The average Bonchev–Trinajstić information content (AvgIpc) is 3.06. The number of aromatic nitrogens is 3. The van der Waals surface area contributed by atoms with Crippen LogP contribution in [-0.2, 0) is 6.42 Å². The number of nitrogens with zero attached hydrogens (tertiary/aromatic N) is 4. The number of amides is 1. The number of hydrogen-bond donors (Lipinski definition) is 3. The Morgan fingerprint density at radius 3 is 2.73 bits per heavy atom. The lowest BCUT2D eigenvalue weighted by molar-refractivity contribution is 0.0956. The molecule has 0 aliphatic heterocycles. The van der Waals surface area contributed by atoms with E-state index in [2.05, 4.69) is 15.5 Å². The molecule has 0 atom stereocenters. The van der Waals surface area contributed by atoms with Gasteiger partial charge in [-0.3, -0.25) is 4.79 Å². The summed E-state index contributed by atoms with van der Waals surface area (Å²) in [6.07, 6.45) is 0.337. The molecule has 0 aliphatic rings. The summed E-state index contributed by atoms with van der Waals surface area (Å²) in [6, 6.07) is 10.00. The van der Waals surface area contributed by atoms with Gasteiger partial charge in [-0.25, -0.2) is 0 Å². The van der Waals surface area contributed by atoms with Crippen LogP contribution in [0.4, 0.5) is 0 Å². The standard InChI is InChI=1S/C18H17N5O3/c1-2-20-18(26)12-3-4-14-15(9-12)22-23(21-14)16-8-11(5-6-24)7-13(10-19)17(16)25/h3-4,7-9,24-25H,2,5-6H2,1H3,(H,20,26). The molecule has 26 heavy (non-hydrogen) atoms. The number of nitrogens with one attached hydrogen (secondary N) is 1. The van der Waals surface area contributed by atoms with Gasteiger partial charge in [-0.15, -0.1) is 15.0 Å². The van der Waals surface area contributed by atoms with Gasteiger partial charge in [0, 0.05) is 18.7 Å². The van der Waals surface area contributed by atoms with Crippen LogP contribution in [-0.4, -0.2) is 44.3 Å². The first-order chi connectivity index (χ1) is 12.6. The predicted octanol–water partition coefficient (Wildman–Crippen LogP) is 1.28. The van der Waals surface area contributed by atoms with Crippen molar-refractivity contribution in [1.82, 2.24) is 20.3 Å². The number of hydrogen-bond acceptors (Lipinski definition) is 6. The van der Waals surface area contributed by atoms with Crippen LogP contribution in [0.3, 0.4) is 0 Å². The summed E-state index contributed by atoms with van der Waals surface area (Å²) in [4.78, 5) is 13.2. The average molecular weight is 351 g/mol. The summed E-state index contributed by atoms with van der Waals surface area (Å²) in [5, 5.41) is 40.0. The molecule has 8 nitrogen and oxygen atoms in total. The SMILES string of the molecule is CCNC(=O)c1ccc2nn(-c3cc(CCO)cc(C#N)c3O)nc2c1. The monoisotopic (exact) mass is 351 g/mol. The van der Waals surface area contributed by atoms with Crippen LogP contribution in [0.1, 0.15) is 28.4 Å². The lowest BCUT2D eigenvalue weighted by Gasteiger charge is -2.08. The molecule has 0 radical (unpaired) electrons. The second-order valence-corrected chi connectivity index (χ2v) is 5.65. The molecule has 3 N–H and O–H groups in total. The summed E-state index contributed by atoms with van der Waals surface area (Å²) >= 11 is 0. The van der Waals surface area contributed by atoms with Gasteiger partial charge >= 0.3 is 0 Å². The minimum atomic E-state index is -0.238. The summed E-state index contributed by atoms with van der Waals surface area (Å²) in [7, 11) is 0. The maximum Gasteiger partial charge on any atom is 0.251 e. The highest BCUT2D eigenvalue weighted by Gasteiger charge is 2.15. The first-order valence-electron chi connectivity index (χ1n) is 8.10. The molecule has 0 fully saturated rings. The van der Waals surface area contributed by atoms with E-state index in [1.54, 1.807) is 24.3 Å². The van der Waals surface area contributed by atoms with Crippen LogP contribution in [0.25, 0.3) is 16.7 Å². The van der Waals surface area contributed by atoms with Gasteiger partial charge < -0.3 is 15.5 Å². The fourth-order valence-electron chi connectivity index (χ4n) is 2.61. The zero-order valence-electron chi connectivity index (χ0n) is 14.1. The fraction of sp³-hybridized carbons (Fsp3) is 0.222. The van der Waals surface area contributed by atoms with Crippen LogP contribution in [0.5, 0.6) is 5.75 Å². The number of aliphatic hydroxyl groups excluding tert-OH is 1. The van der Waals surface area contributed by atoms with E-state index in [-0.39, 0.29) is 29.5 Å². The zero-order chi connectivity index (χ0) is 18.7. The first-order valence-corrected chi connectivity index (χ1v) is 8.10. The second kappa shape index (κ2) is 7.21. The van der Waals surface area contributed by atoms with E-state index in [0.717, 1.165) is 0 Å². The lowest BCUT2D eigenvalue weighted by atomic mass is 10.1. The highest BCUT2D eigenvalue weighted by Crippen LogP contribution is 2.28. The van der Waals surface area contributed by atoms with E-state index < -0.39 is 0 Å². The Morgan fingerprint density at radius 2 is 2.04 bits per heavy atom. The maximum absolute atomic E-state index is 12.0. The van der Waals surface area contributed by atoms with E-state index in [9.17, 15) is 15.2 Å². The molecule has 1 aromatic heterocycles. The van der Waals surface area contributed by atoms with Crippen molar-refractivity contribution < 1.29 is 15.0 Å². The molecule has 8 heteroatoms. The van der Waals surface area contributed by atoms with Crippen molar-refractivity contribution in [3.8, 4) is 17.5 Å². The van der Waals surface area contributed by atoms with Gasteiger partial charge in [0.1, 0.15) is 22.8 Å². The van der Waals surface area contributed by atoms with Crippen molar-refractivity contribution in [2.75, 3.05) is 13.2 Å². The number of benzene rings is 2. The van der Waals surface area contributed by atoms with Crippen LogP contribution < -0.4 is 5.32 Å². The van der Waals surface area contributed by atoms with Crippen molar-refractivity contribution in [3.05, 3.63) is 47.0 Å². The van der Waals surface area contributed by atoms with Gasteiger partial charge in [0.05, 0.1) is 5.56 Å². The summed E-state index contributed by atoms with van der Waals surface area (Å²) in [5.74, 6) is -0.443. The topological polar surface area (TPSA) is 124 Å². The molecule has 1 heterocycles. The van der Waals surface area contributed by atoms with Crippen molar-refractivity contribution in [3.63, 3.8) is 0 Å². The molecule has 2 aromatic carbocycles. The van der Waals surface area contributed by atoms with E-state index in [1.807, 2.05) is 13.0 Å². The molecule has 0 bridgehead atoms. The molecule has 132 valence electrons. The Morgan fingerprint density at radius 1 is 1.27 bits per heavy atom. The smallest absolute Gasteiger partial charge is 0.251 e. The van der Waals surface area contributed by atoms with E-state index >= 15 is 0 Å². The summed E-state index contributed by atoms with van der Waals surface area (Å²) < 4.78 is 0. The first kappa shape index (κ1) is 17.4. The molecule has 0 saturated heterocycles. The molecule has 3 rings (SSSR count). The molecule has 1 amide bonds. The number of nitriles is 1. The van der Waals surface area contributed by atoms with Gasteiger partial charge in [-0.05, 0) is 49.2 Å². The number of fused-ring (bicyclic) bond motifs is 1. The van der Waals surface area contributed by atoms with Crippen LogP contribution in [0, 0.1) is 11.3 Å². The quantitative estimate of drug-likeness (QED) is 0.636.